The highest BCUT2D eigenvalue weighted by atomic mass is 32.1. The Morgan fingerprint density at radius 1 is 1.06 bits per heavy atom. The van der Waals surface area contributed by atoms with E-state index in [2.05, 4.69) is 5.32 Å². The van der Waals surface area contributed by atoms with Gasteiger partial charge in [0.1, 0.15) is 22.8 Å². The van der Waals surface area contributed by atoms with Crippen LogP contribution in [0.5, 0.6) is 5.75 Å². The summed E-state index contributed by atoms with van der Waals surface area (Å²) in [6.07, 6.45) is 0. The third kappa shape index (κ3) is 4.00. The molecule has 0 atom stereocenters. The van der Waals surface area contributed by atoms with Crippen LogP contribution >= 0.6 is 11.3 Å². The van der Waals surface area contributed by atoms with E-state index in [0.29, 0.717) is 32.6 Å². The maximum Gasteiger partial charge on any atom is 0.336 e. The first-order valence-electron chi connectivity index (χ1n) is 10.7. The normalized spacial score (nSPS) is 11.2. The molecule has 7 nitrogen and oxygen atoms in total. The van der Waals surface area contributed by atoms with Crippen LogP contribution in [0.25, 0.3) is 26.0 Å². The summed E-state index contributed by atoms with van der Waals surface area (Å²) < 4.78 is 22.8. The minimum atomic E-state index is -0.727. The summed E-state index contributed by atoms with van der Waals surface area (Å²) in [5.74, 6) is -0.425. The van der Waals surface area contributed by atoms with Crippen molar-refractivity contribution in [3.63, 3.8) is 0 Å². The Balaban J connectivity index is 1.70. The standard InChI is InChI=1S/C26H20FN3O4S/c1-15-10-11-17(13-20(15)27)30-25(32)24-23(19-8-3-4-9-21(19)35-24)29(26(30)33)14-22(31)28-16-6-5-7-18(12-16)34-2/h3-13H,14H2,1-2H3,(H,28,31). The third-order valence-electron chi connectivity index (χ3n) is 5.73. The smallest absolute Gasteiger partial charge is 0.336 e. The number of benzene rings is 3. The number of nitrogens with zero attached hydrogens (tertiary/aromatic N) is 2. The van der Waals surface area contributed by atoms with Gasteiger partial charge in [-0.1, -0.05) is 30.3 Å². The van der Waals surface area contributed by atoms with Gasteiger partial charge in [-0.05, 0) is 42.8 Å². The average molecular weight is 490 g/mol. The van der Waals surface area contributed by atoms with Gasteiger partial charge in [0.05, 0.1) is 18.3 Å². The Kier molecular flexibility index (Phi) is 5.70. The molecule has 3 aromatic carbocycles. The highest BCUT2D eigenvalue weighted by Gasteiger charge is 2.21. The minimum absolute atomic E-state index is 0.101. The van der Waals surface area contributed by atoms with Crippen LogP contribution in [0, 0.1) is 12.7 Å². The number of ether oxygens (including phenoxy) is 1. The number of methoxy groups -OCH3 is 1. The summed E-state index contributed by atoms with van der Waals surface area (Å²) in [5.41, 5.74) is 0.0918. The molecule has 5 aromatic rings. The van der Waals surface area contributed by atoms with Crippen molar-refractivity contribution in [2.45, 2.75) is 13.5 Å². The van der Waals surface area contributed by atoms with Crippen molar-refractivity contribution < 1.29 is 13.9 Å². The first-order chi connectivity index (χ1) is 16.9. The Labute approximate surface area is 202 Å². The van der Waals surface area contributed by atoms with E-state index in [-0.39, 0.29) is 12.2 Å². The number of nitrogens with one attached hydrogen (secondary N) is 1. The molecule has 1 amide bonds. The van der Waals surface area contributed by atoms with Crippen LogP contribution in [0.4, 0.5) is 10.1 Å². The van der Waals surface area contributed by atoms with Gasteiger partial charge in [-0.15, -0.1) is 11.3 Å². The van der Waals surface area contributed by atoms with Crippen molar-refractivity contribution in [1.82, 2.24) is 9.13 Å². The molecule has 9 heteroatoms. The summed E-state index contributed by atoms with van der Waals surface area (Å²) in [6, 6.07) is 18.3. The number of hydrogen-bond acceptors (Lipinski definition) is 5. The molecular formula is C26H20FN3O4S. The molecule has 1 N–H and O–H groups in total. The number of fused-ring (bicyclic) bond motifs is 3. The van der Waals surface area contributed by atoms with Crippen molar-refractivity contribution in [2.75, 3.05) is 12.4 Å². The van der Waals surface area contributed by atoms with Crippen molar-refractivity contribution >= 4 is 43.2 Å². The lowest BCUT2D eigenvalue weighted by Crippen LogP contribution is -2.40. The van der Waals surface area contributed by atoms with E-state index in [4.69, 9.17) is 4.74 Å². The van der Waals surface area contributed by atoms with Gasteiger partial charge < -0.3 is 10.1 Å². The quantitative estimate of drug-likeness (QED) is 0.395. The topological polar surface area (TPSA) is 82.3 Å². The van der Waals surface area contributed by atoms with E-state index in [1.54, 1.807) is 43.3 Å². The molecule has 0 bridgehead atoms. The van der Waals surface area contributed by atoms with E-state index in [1.165, 1.54) is 35.1 Å². The molecule has 0 aliphatic rings. The second-order valence-electron chi connectivity index (χ2n) is 8.00. The van der Waals surface area contributed by atoms with Gasteiger partial charge in [-0.25, -0.2) is 13.8 Å². The molecule has 2 heterocycles. The molecule has 0 fully saturated rings. The fourth-order valence-corrected chi connectivity index (χ4v) is 5.13. The van der Waals surface area contributed by atoms with Crippen molar-refractivity contribution in [3.05, 3.63) is 98.9 Å². The predicted octanol–water partition coefficient (Wildman–Crippen LogP) is 4.46. The van der Waals surface area contributed by atoms with Crippen LogP contribution in [-0.2, 0) is 11.3 Å². The number of halogens is 1. The Morgan fingerprint density at radius 3 is 2.63 bits per heavy atom. The third-order valence-corrected chi connectivity index (χ3v) is 6.88. The van der Waals surface area contributed by atoms with E-state index in [0.717, 1.165) is 15.3 Å². The zero-order valence-corrected chi connectivity index (χ0v) is 19.7. The van der Waals surface area contributed by atoms with E-state index in [9.17, 15) is 18.8 Å². The van der Waals surface area contributed by atoms with Crippen LogP contribution in [0.1, 0.15) is 5.56 Å². The largest absolute Gasteiger partial charge is 0.497 e. The Bertz CT molecular complexity index is 1740. The predicted molar refractivity (Wildman–Crippen MR) is 136 cm³/mol. The summed E-state index contributed by atoms with van der Waals surface area (Å²) in [6.45, 7) is 1.25. The molecule has 0 saturated heterocycles. The monoisotopic (exact) mass is 489 g/mol. The number of amides is 1. The van der Waals surface area contributed by atoms with Crippen molar-refractivity contribution in [1.29, 1.82) is 0 Å². The van der Waals surface area contributed by atoms with Crippen LogP contribution in [0.15, 0.2) is 76.3 Å². The van der Waals surface area contributed by atoms with Crippen LogP contribution in [-0.4, -0.2) is 22.2 Å². The minimum Gasteiger partial charge on any atom is -0.497 e. The van der Waals surface area contributed by atoms with Gasteiger partial charge in [0.2, 0.25) is 5.91 Å². The SMILES string of the molecule is COc1cccc(NC(=O)Cn2c(=O)n(-c3ccc(C)c(F)c3)c(=O)c3sc4ccccc4c32)c1. The van der Waals surface area contributed by atoms with Gasteiger partial charge in [-0.3, -0.25) is 14.2 Å². The second-order valence-corrected chi connectivity index (χ2v) is 9.05. The average Bonchev–Trinajstić information content (AvgIpc) is 3.24. The lowest BCUT2D eigenvalue weighted by atomic mass is 10.2. The molecule has 0 aliphatic heterocycles. The molecule has 176 valence electrons. The van der Waals surface area contributed by atoms with Gasteiger partial charge in [0, 0.05) is 21.8 Å². The zero-order valence-electron chi connectivity index (χ0n) is 18.9. The molecule has 0 saturated carbocycles. The Morgan fingerprint density at radius 2 is 1.86 bits per heavy atom. The van der Waals surface area contributed by atoms with E-state index < -0.39 is 23.0 Å². The Hall–Kier alpha value is -4.24. The molecule has 0 aliphatic carbocycles. The maximum atomic E-state index is 14.3. The summed E-state index contributed by atoms with van der Waals surface area (Å²) in [5, 5.41) is 3.46. The van der Waals surface area contributed by atoms with Gasteiger partial charge in [0.25, 0.3) is 5.56 Å². The van der Waals surface area contributed by atoms with Gasteiger partial charge >= 0.3 is 5.69 Å². The molecule has 5 rings (SSSR count). The molecule has 35 heavy (non-hydrogen) atoms. The number of anilines is 1. The number of carbonyl (C=O) groups is 1. The number of aromatic nitrogens is 2. The molecular weight excluding hydrogens is 469 g/mol. The number of thiophene rings is 1. The zero-order chi connectivity index (χ0) is 24.7. The lowest BCUT2D eigenvalue weighted by Gasteiger charge is -2.13. The fourth-order valence-electron chi connectivity index (χ4n) is 3.99. The number of rotatable bonds is 5. The number of hydrogen-bond donors (Lipinski definition) is 1. The van der Waals surface area contributed by atoms with Crippen LogP contribution in [0.2, 0.25) is 0 Å². The first-order valence-corrected chi connectivity index (χ1v) is 11.6. The highest BCUT2D eigenvalue weighted by molar-refractivity contribution is 7.25. The molecule has 0 spiro atoms. The fraction of sp³-hybridized carbons (Fsp3) is 0.115. The summed E-state index contributed by atoms with van der Waals surface area (Å²) in [7, 11) is 1.52. The van der Waals surface area contributed by atoms with E-state index in [1.807, 2.05) is 12.1 Å². The first kappa shape index (κ1) is 22.5. The van der Waals surface area contributed by atoms with Crippen molar-refractivity contribution in [2.24, 2.45) is 0 Å². The summed E-state index contributed by atoms with van der Waals surface area (Å²) >= 11 is 1.23. The molecule has 0 unspecified atom stereocenters. The second kappa shape index (κ2) is 8.84. The van der Waals surface area contributed by atoms with Gasteiger partial charge in [-0.2, -0.15) is 0 Å². The molecule has 0 radical (unpaired) electrons. The highest BCUT2D eigenvalue weighted by Crippen LogP contribution is 2.31. The lowest BCUT2D eigenvalue weighted by molar-refractivity contribution is -0.116. The van der Waals surface area contributed by atoms with Gasteiger partial charge in [0.15, 0.2) is 0 Å². The van der Waals surface area contributed by atoms with Crippen LogP contribution in [0.3, 0.4) is 0 Å². The summed E-state index contributed by atoms with van der Waals surface area (Å²) in [4.78, 5) is 40.1. The number of carbonyl (C=O) groups excluding carboxylic acids is 1. The van der Waals surface area contributed by atoms with E-state index >= 15 is 0 Å². The molecule has 2 aromatic heterocycles. The van der Waals surface area contributed by atoms with Crippen molar-refractivity contribution in [3.8, 4) is 11.4 Å². The maximum absolute atomic E-state index is 14.3. The number of aryl methyl sites for hydroxylation is 1. The van der Waals surface area contributed by atoms with Crippen LogP contribution < -0.4 is 21.3 Å².